The van der Waals surface area contributed by atoms with E-state index in [2.05, 4.69) is 30.8 Å². The van der Waals surface area contributed by atoms with Crippen LogP contribution in [0.5, 0.6) is 0 Å². The van der Waals surface area contributed by atoms with Crippen LogP contribution in [0.1, 0.15) is 5.56 Å². The Hall–Kier alpha value is -2.05. The van der Waals surface area contributed by atoms with Gasteiger partial charge in [0, 0.05) is 4.47 Å². The third-order valence-electron chi connectivity index (χ3n) is 2.27. The lowest BCUT2D eigenvalue weighted by molar-refractivity contribution is 0.601. The van der Waals surface area contributed by atoms with Crippen molar-refractivity contribution in [2.45, 2.75) is 4.90 Å². The molecule has 0 aliphatic rings. The average molecular weight is 342 g/mol. The number of rotatable bonds is 3. The van der Waals surface area contributed by atoms with Gasteiger partial charge in [-0.15, -0.1) is 0 Å². The molecule has 2 rings (SSSR count). The Morgan fingerprint density at radius 1 is 1.47 bits per heavy atom. The summed E-state index contributed by atoms with van der Waals surface area (Å²) in [5, 5.41) is 14.9. The van der Waals surface area contributed by atoms with Crippen LogP contribution in [0.3, 0.4) is 0 Å². The molecule has 4 N–H and O–H groups in total. The van der Waals surface area contributed by atoms with E-state index in [1.165, 1.54) is 12.1 Å². The lowest BCUT2D eigenvalue weighted by Crippen LogP contribution is -2.14. The van der Waals surface area contributed by atoms with Crippen LogP contribution in [0.4, 0.5) is 11.5 Å². The molecule has 0 bridgehead atoms. The number of nitrogens with one attached hydrogen (secondary N) is 2. The summed E-state index contributed by atoms with van der Waals surface area (Å²) in [4.78, 5) is -0.167. The van der Waals surface area contributed by atoms with Crippen LogP contribution < -0.4 is 10.5 Å². The number of H-pyrrole nitrogens is 1. The molecule has 0 saturated carbocycles. The predicted octanol–water partition coefficient (Wildman–Crippen LogP) is 1.43. The molecular formula is C10H8BrN5O2S. The fourth-order valence-electron chi connectivity index (χ4n) is 1.40. The molecule has 0 spiro atoms. The lowest BCUT2D eigenvalue weighted by atomic mass is 10.2. The minimum absolute atomic E-state index is 0.0666. The molecule has 1 heterocycles. The molecule has 0 amide bonds. The van der Waals surface area contributed by atoms with Crippen LogP contribution in [0.15, 0.2) is 33.8 Å². The number of hydrogen-bond donors (Lipinski definition) is 3. The second-order valence-electron chi connectivity index (χ2n) is 3.56. The number of sulfonamides is 1. The summed E-state index contributed by atoms with van der Waals surface area (Å²) in [6.45, 7) is 0. The Balaban J connectivity index is 2.42. The van der Waals surface area contributed by atoms with Gasteiger partial charge in [-0.3, -0.25) is 9.82 Å². The zero-order valence-corrected chi connectivity index (χ0v) is 11.8. The summed E-state index contributed by atoms with van der Waals surface area (Å²) in [6.07, 6.45) is 1.10. The molecule has 0 saturated heterocycles. The summed E-state index contributed by atoms with van der Waals surface area (Å²) < 4.78 is 27.1. The quantitative estimate of drug-likeness (QED) is 0.778. The number of halogens is 1. The zero-order chi connectivity index (χ0) is 14.0. The monoisotopic (exact) mass is 341 g/mol. The number of aromatic nitrogens is 2. The largest absolute Gasteiger partial charge is 0.383 e. The molecule has 1 aromatic carbocycles. The number of benzene rings is 1. The maximum Gasteiger partial charge on any atom is 0.267 e. The van der Waals surface area contributed by atoms with Gasteiger partial charge in [0.05, 0.1) is 17.4 Å². The normalized spacial score (nSPS) is 10.9. The maximum atomic E-state index is 12.1. The summed E-state index contributed by atoms with van der Waals surface area (Å²) in [5.41, 5.74) is 5.83. The van der Waals surface area contributed by atoms with E-state index in [1.807, 2.05) is 6.07 Å². The van der Waals surface area contributed by atoms with Gasteiger partial charge in [0.1, 0.15) is 16.8 Å². The molecule has 0 radical (unpaired) electrons. The standard InChI is InChI=1S/C10H8BrN5O2S/c11-7-1-2-8(6(3-7)4-12)16-19(17,18)9-5-14-15-10(9)13/h1-3,5,16H,(H3,13,14,15). The minimum Gasteiger partial charge on any atom is -0.383 e. The van der Waals surface area contributed by atoms with E-state index in [4.69, 9.17) is 11.0 Å². The molecule has 1 aromatic heterocycles. The summed E-state index contributed by atoms with van der Waals surface area (Å²) in [5.74, 6) is -0.0666. The molecule has 0 aliphatic carbocycles. The summed E-state index contributed by atoms with van der Waals surface area (Å²) in [7, 11) is -3.88. The van der Waals surface area contributed by atoms with Gasteiger partial charge in [-0.05, 0) is 18.2 Å². The summed E-state index contributed by atoms with van der Waals surface area (Å²) >= 11 is 3.20. The number of nitrogens with zero attached hydrogens (tertiary/aromatic N) is 2. The van der Waals surface area contributed by atoms with Gasteiger partial charge in [0.15, 0.2) is 0 Å². The molecule has 0 fully saturated rings. The van der Waals surface area contributed by atoms with Gasteiger partial charge in [-0.1, -0.05) is 15.9 Å². The fraction of sp³-hybridized carbons (Fsp3) is 0. The number of nitrogens with two attached hydrogens (primary N) is 1. The Morgan fingerprint density at radius 2 is 2.21 bits per heavy atom. The van der Waals surface area contributed by atoms with Crippen molar-refractivity contribution in [3.8, 4) is 6.07 Å². The Morgan fingerprint density at radius 3 is 2.79 bits per heavy atom. The van der Waals surface area contributed by atoms with E-state index in [1.54, 1.807) is 6.07 Å². The highest BCUT2D eigenvalue weighted by atomic mass is 79.9. The summed E-state index contributed by atoms with van der Waals surface area (Å²) in [6, 6.07) is 6.52. The topological polar surface area (TPSA) is 125 Å². The van der Waals surface area contributed by atoms with Gasteiger partial charge in [0.25, 0.3) is 10.0 Å². The maximum absolute atomic E-state index is 12.1. The van der Waals surface area contributed by atoms with Gasteiger partial charge < -0.3 is 5.73 Å². The van der Waals surface area contributed by atoms with Crippen molar-refractivity contribution in [1.29, 1.82) is 5.26 Å². The fourth-order valence-corrected chi connectivity index (χ4v) is 2.86. The SMILES string of the molecule is N#Cc1cc(Br)ccc1NS(=O)(=O)c1cn[nH]c1N. The molecule has 0 unspecified atom stereocenters. The van der Waals surface area contributed by atoms with Crippen LogP contribution >= 0.6 is 15.9 Å². The van der Waals surface area contributed by atoms with Gasteiger partial charge in [0.2, 0.25) is 0 Å². The lowest BCUT2D eigenvalue weighted by Gasteiger charge is -2.08. The molecule has 0 atom stereocenters. The van der Waals surface area contributed by atoms with Crippen molar-refractivity contribution >= 4 is 37.5 Å². The molecular weight excluding hydrogens is 334 g/mol. The van der Waals surface area contributed by atoms with E-state index in [-0.39, 0.29) is 22.0 Å². The number of nitrogen functional groups attached to an aromatic ring is 1. The first-order valence-electron chi connectivity index (χ1n) is 4.95. The van der Waals surface area contributed by atoms with Crippen molar-refractivity contribution < 1.29 is 8.42 Å². The molecule has 98 valence electrons. The number of anilines is 2. The van der Waals surface area contributed by atoms with Gasteiger partial charge >= 0.3 is 0 Å². The highest BCUT2D eigenvalue weighted by Crippen LogP contribution is 2.24. The molecule has 19 heavy (non-hydrogen) atoms. The van der Waals surface area contributed by atoms with E-state index in [0.29, 0.717) is 4.47 Å². The van der Waals surface area contributed by atoms with Crippen molar-refractivity contribution in [3.05, 3.63) is 34.4 Å². The molecule has 0 aliphatic heterocycles. The highest BCUT2D eigenvalue weighted by molar-refractivity contribution is 9.10. The molecule has 2 aromatic rings. The van der Waals surface area contributed by atoms with E-state index >= 15 is 0 Å². The number of hydrogen-bond acceptors (Lipinski definition) is 5. The number of aromatic amines is 1. The first-order chi connectivity index (χ1) is 8.94. The van der Waals surface area contributed by atoms with Crippen molar-refractivity contribution in [3.63, 3.8) is 0 Å². The zero-order valence-electron chi connectivity index (χ0n) is 9.38. The first-order valence-corrected chi connectivity index (χ1v) is 7.23. The number of nitriles is 1. The van der Waals surface area contributed by atoms with E-state index < -0.39 is 10.0 Å². The van der Waals surface area contributed by atoms with Crippen molar-refractivity contribution in [2.24, 2.45) is 0 Å². The smallest absolute Gasteiger partial charge is 0.267 e. The van der Waals surface area contributed by atoms with Crippen LogP contribution in [0, 0.1) is 11.3 Å². The Kier molecular flexibility index (Phi) is 3.46. The third kappa shape index (κ3) is 2.69. The second-order valence-corrected chi connectivity index (χ2v) is 6.12. The Bertz CT molecular complexity index is 762. The van der Waals surface area contributed by atoms with Crippen LogP contribution in [-0.4, -0.2) is 18.6 Å². The van der Waals surface area contributed by atoms with E-state index in [0.717, 1.165) is 6.20 Å². The molecule has 9 heteroatoms. The predicted molar refractivity (Wildman–Crippen MR) is 72.7 cm³/mol. The molecule has 7 nitrogen and oxygen atoms in total. The highest BCUT2D eigenvalue weighted by Gasteiger charge is 2.20. The third-order valence-corrected chi connectivity index (χ3v) is 4.15. The minimum atomic E-state index is -3.88. The second kappa shape index (κ2) is 4.91. The Labute approximate surface area is 117 Å². The average Bonchev–Trinajstić information content (AvgIpc) is 2.78. The van der Waals surface area contributed by atoms with E-state index in [9.17, 15) is 8.42 Å². The first kappa shape index (κ1) is 13.4. The van der Waals surface area contributed by atoms with Crippen molar-refractivity contribution in [1.82, 2.24) is 10.2 Å². The van der Waals surface area contributed by atoms with Crippen LogP contribution in [0.2, 0.25) is 0 Å². The van der Waals surface area contributed by atoms with Crippen molar-refractivity contribution in [2.75, 3.05) is 10.5 Å². The van der Waals surface area contributed by atoms with Crippen LogP contribution in [-0.2, 0) is 10.0 Å². The van der Waals surface area contributed by atoms with Crippen LogP contribution in [0.25, 0.3) is 0 Å². The van der Waals surface area contributed by atoms with Gasteiger partial charge in [-0.25, -0.2) is 8.42 Å². The van der Waals surface area contributed by atoms with Gasteiger partial charge in [-0.2, -0.15) is 10.4 Å².